The van der Waals surface area contributed by atoms with E-state index < -0.39 is 97.4 Å². The van der Waals surface area contributed by atoms with Crippen molar-refractivity contribution in [3.8, 4) is 0 Å². The Morgan fingerprint density at radius 2 is 0.716 bits per heavy atom. The van der Waals surface area contributed by atoms with Crippen molar-refractivity contribution in [1.29, 1.82) is 0 Å². The van der Waals surface area contributed by atoms with E-state index >= 15 is 0 Å². The fourth-order valence-corrected chi connectivity index (χ4v) is 10.4. The van der Waals surface area contributed by atoms with Gasteiger partial charge in [0.2, 0.25) is 0 Å². The third-order valence-electron chi connectivity index (χ3n) is 15.7. The lowest BCUT2D eigenvalue weighted by Crippen LogP contribution is -2.47. The molecule has 0 aliphatic heterocycles. The van der Waals surface area contributed by atoms with Crippen molar-refractivity contribution in [2.24, 2.45) is 0 Å². The van der Waals surface area contributed by atoms with Crippen LogP contribution in [0, 0.1) is 17.5 Å². The first-order valence-corrected chi connectivity index (χ1v) is 32.9. The molecular formula is C74H92Cl3F3N12O13S4. The molecule has 0 radical (unpaired) electrons. The highest BCUT2D eigenvalue weighted by molar-refractivity contribution is 7.59. The molecule has 10 N–H and O–H groups in total. The van der Waals surface area contributed by atoms with Crippen LogP contribution in [-0.4, -0.2) is 171 Å². The van der Waals surface area contributed by atoms with E-state index in [9.17, 15) is 62.4 Å². The van der Waals surface area contributed by atoms with Crippen molar-refractivity contribution in [3.63, 3.8) is 0 Å². The number of benzene rings is 6. The van der Waals surface area contributed by atoms with Gasteiger partial charge in [0.1, 0.15) is 54.7 Å². The molecule has 9 rings (SSSR count). The molecule has 0 unspecified atom stereocenters. The second kappa shape index (κ2) is 49.8. The van der Waals surface area contributed by atoms with Gasteiger partial charge in [-0.25, -0.2) is 56.9 Å². The molecule has 3 aromatic heterocycles. The first kappa shape index (κ1) is 97.8. The lowest BCUT2D eigenvalue weighted by atomic mass is 10.1. The molecule has 592 valence electrons. The van der Waals surface area contributed by atoms with Gasteiger partial charge in [-0.15, -0.1) is 6.58 Å². The number of anilines is 3. The standard InChI is InChI=1S/2C24H26ClFN4O5.C24H24ClFN4O3.2CH4.4H2S/c2*1-30(23(33)28-12-17-7-4-8-20(26)22(17)25)18(10-19(32)13-31)14-35-24(34)29-21-9-15-5-2-3-6-16(15)11-27-21;1-3-7-19(30(2)23(31)28-14-18-10-6-11-20(26)22(18)25)15-33-24(32)29-21-12-16-8-4-5-9-17(16)13-27-21;;;;;;/h2*2-9,11,18-19,31-32H,10,12-14H2,1H3,(H,28,33)(H,27,29,34);3-6,8-13,19H,1,7,14-15H2,2H3,(H,28,31)(H,27,29,32);2*1H4;4*1H2/t18-,19+;18-,19-;19-;;;;;;/m000....../s1. The number of amides is 9. The van der Waals surface area contributed by atoms with Crippen molar-refractivity contribution in [1.82, 2.24) is 45.6 Å². The molecule has 0 saturated carbocycles. The lowest BCUT2D eigenvalue weighted by molar-refractivity contribution is 0.0480. The van der Waals surface area contributed by atoms with Crippen LogP contribution in [0.2, 0.25) is 15.1 Å². The van der Waals surface area contributed by atoms with Crippen LogP contribution in [0.4, 0.5) is 59.4 Å². The van der Waals surface area contributed by atoms with Gasteiger partial charge in [0.05, 0.1) is 58.6 Å². The molecule has 0 aliphatic rings. The van der Waals surface area contributed by atoms with Crippen molar-refractivity contribution in [2.45, 2.75) is 84.1 Å². The number of carbonyl (C=O) groups is 6. The van der Waals surface area contributed by atoms with Crippen LogP contribution in [0.15, 0.2) is 177 Å². The van der Waals surface area contributed by atoms with Gasteiger partial charge in [-0.2, -0.15) is 54.0 Å². The molecule has 6 aromatic carbocycles. The van der Waals surface area contributed by atoms with Gasteiger partial charge in [-0.3, -0.25) is 16.0 Å². The molecule has 9 amide bonds. The highest BCUT2D eigenvalue weighted by Gasteiger charge is 2.28. The minimum atomic E-state index is -1.14. The maximum atomic E-state index is 13.6. The molecule has 9 aromatic rings. The number of aliphatic hydroxyl groups excluding tert-OH is 4. The van der Waals surface area contributed by atoms with Crippen molar-refractivity contribution < 1.29 is 76.6 Å². The first-order chi connectivity index (χ1) is 49.4. The summed E-state index contributed by atoms with van der Waals surface area (Å²) in [7, 11) is 4.47. The number of halogens is 6. The number of likely N-dealkylation sites (N-methyl/N-ethyl adjacent to an activating group) is 3. The summed E-state index contributed by atoms with van der Waals surface area (Å²) >= 11 is 17.8. The van der Waals surface area contributed by atoms with E-state index in [1.165, 1.54) is 65.2 Å². The minimum Gasteiger partial charge on any atom is -0.447 e. The smallest absolute Gasteiger partial charge is 0.412 e. The summed E-state index contributed by atoms with van der Waals surface area (Å²) in [5.74, 6) is -0.817. The van der Waals surface area contributed by atoms with Crippen molar-refractivity contribution in [3.05, 3.63) is 226 Å². The number of aliphatic hydroxyl groups is 4. The molecule has 0 fully saturated rings. The van der Waals surface area contributed by atoms with Gasteiger partial charge >= 0.3 is 36.4 Å². The number of fused-ring (bicyclic) bond motifs is 3. The van der Waals surface area contributed by atoms with Gasteiger partial charge in [0.25, 0.3) is 0 Å². The topological polar surface area (TPSA) is 332 Å². The Hall–Kier alpha value is -9.19. The fraction of sp³-hybridized carbons (Fsp3) is 0.284. The van der Waals surface area contributed by atoms with Crippen LogP contribution in [0.3, 0.4) is 0 Å². The summed E-state index contributed by atoms with van der Waals surface area (Å²) in [5, 5.41) is 59.1. The molecule has 25 nitrogen and oxygen atoms in total. The van der Waals surface area contributed by atoms with Gasteiger partial charge in [0, 0.05) is 75.5 Å². The Bertz CT molecular complexity index is 4230. The normalized spacial score (nSPS) is 11.6. The fourth-order valence-electron chi connectivity index (χ4n) is 9.82. The number of pyridine rings is 3. The summed E-state index contributed by atoms with van der Waals surface area (Å²) < 4.78 is 56.6. The molecular weight excluding hydrogens is 1560 g/mol. The maximum absolute atomic E-state index is 13.6. The zero-order valence-corrected chi connectivity index (χ0v) is 64.2. The Labute approximate surface area is 673 Å². The number of nitrogens with zero attached hydrogens (tertiary/aromatic N) is 6. The van der Waals surface area contributed by atoms with Crippen molar-refractivity contribution in [2.75, 3.05) is 70.1 Å². The average molecular weight is 1650 g/mol. The maximum Gasteiger partial charge on any atom is 0.412 e. The van der Waals surface area contributed by atoms with Crippen LogP contribution in [0.25, 0.3) is 32.3 Å². The second-order valence-corrected chi connectivity index (χ2v) is 24.1. The quantitative estimate of drug-likeness (QED) is 0.0178. The summed E-state index contributed by atoms with van der Waals surface area (Å²) in [6.45, 7) is 2.03. The highest BCUT2D eigenvalue weighted by Crippen LogP contribution is 2.25. The van der Waals surface area contributed by atoms with E-state index in [1.54, 1.807) is 68.1 Å². The third kappa shape index (κ3) is 30.7. The number of rotatable bonds is 26. The molecule has 0 bridgehead atoms. The van der Waals surface area contributed by atoms with Gasteiger partial charge in [-0.05, 0) is 88.5 Å². The third-order valence-corrected chi connectivity index (χ3v) is 17.0. The Kier molecular flexibility index (Phi) is 44.7. The molecule has 3 heterocycles. The zero-order chi connectivity index (χ0) is 74.5. The number of aromatic nitrogens is 3. The number of ether oxygens (including phenoxy) is 3. The average Bonchev–Trinajstić information content (AvgIpc) is 0.906. The van der Waals surface area contributed by atoms with Gasteiger partial charge in [0.15, 0.2) is 0 Å². The van der Waals surface area contributed by atoms with E-state index in [0.29, 0.717) is 40.6 Å². The molecule has 0 saturated heterocycles. The van der Waals surface area contributed by atoms with Crippen molar-refractivity contribution >= 4 is 175 Å². The van der Waals surface area contributed by atoms with Gasteiger partial charge < -0.3 is 65.3 Å². The van der Waals surface area contributed by atoms with Crippen LogP contribution in [-0.2, 0) is 33.8 Å². The Morgan fingerprint density at radius 1 is 0.450 bits per heavy atom. The summed E-state index contributed by atoms with van der Waals surface area (Å²) in [6.07, 6.45) is 2.27. The van der Waals surface area contributed by atoms with Crippen LogP contribution < -0.4 is 31.9 Å². The van der Waals surface area contributed by atoms with E-state index in [2.05, 4.69) is 53.4 Å². The minimum absolute atomic E-state index is 0. The van der Waals surface area contributed by atoms with Crippen LogP contribution >= 0.6 is 88.8 Å². The van der Waals surface area contributed by atoms with E-state index in [0.717, 1.165) is 32.3 Å². The van der Waals surface area contributed by atoms with E-state index in [-0.39, 0.29) is 136 Å². The largest absolute Gasteiger partial charge is 0.447 e. The Morgan fingerprint density at radius 3 is 0.991 bits per heavy atom. The van der Waals surface area contributed by atoms with E-state index in [4.69, 9.17) is 49.0 Å². The predicted molar refractivity (Wildman–Crippen MR) is 441 cm³/mol. The molecule has 0 spiro atoms. The summed E-state index contributed by atoms with van der Waals surface area (Å²) in [5.41, 5.74) is 1.23. The molecule has 109 heavy (non-hydrogen) atoms. The lowest BCUT2D eigenvalue weighted by Gasteiger charge is -2.29. The first-order valence-electron chi connectivity index (χ1n) is 31.8. The summed E-state index contributed by atoms with van der Waals surface area (Å²) in [6, 6.07) is 37.2. The molecule has 5 atom stereocenters. The number of hydrogen-bond donors (Lipinski definition) is 10. The SMILES string of the molecule is C.C.C=CC[C@@H](COC(=O)Nc1cc2ccccc2cn1)N(C)C(=O)NCc1cccc(F)c1Cl.CN(C(=O)NCc1cccc(F)c1Cl)[C@H](COC(=O)Nc1cc2ccccc2cn1)C[C@@H](O)CO.CN(C(=O)NCc1cccc(F)c1Cl)[C@H](COC(=O)Nc1cc2ccccc2cn1)C[C@H](O)CO.S.S.S.S. The molecule has 35 heteroatoms. The Balaban J connectivity index is 0.000000796. The summed E-state index contributed by atoms with van der Waals surface area (Å²) in [4.78, 5) is 91.2. The number of carbonyl (C=O) groups excluding carboxylic acids is 6. The zero-order valence-electron chi connectivity index (χ0n) is 58.0. The molecule has 0 aliphatic carbocycles. The van der Waals surface area contributed by atoms with Crippen LogP contribution in [0.1, 0.15) is 50.8 Å². The van der Waals surface area contributed by atoms with E-state index in [1.807, 2.05) is 72.8 Å². The van der Waals surface area contributed by atoms with Gasteiger partial charge in [-0.1, -0.05) is 165 Å². The number of hydrogen-bond acceptors (Lipinski definition) is 16. The highest BCUT2D eigenvalue weighted by atomic mass is 35.5. The predicted octanol–water partition coefficient (Wildman–Crippen LogP) is 14.1. The number of nitrogens with one attached hydrogen (secondary N) is 6. The number of urea groups is 3. The second-order valence-electron chi connectivity index (χ2n) is 23.0. The monoisotopic (exact) mass is 1650 g/mol. The van der Waals surface area contributed by atoms with Crippen LogP contribution in [0.5, 0.6) is 0 Å².